The topological polar surface area (TPSA) is 85.1 Å². The summed E-state index contributed by atoms with van der Waals surface area (Å²) >= 11 is 0. The third-order valence-electron chi connectivity index (χ3n) is 4.27. The first kappa shape index (κ1) is 14.4. The first-order valence-electron chi connectivity index (χ1n) is 7.06. The molecular weight excluding hydrogens is 286 g/mol. The molecule has 5 nitrogen and oxygen atoms in total. The van der Waals surface area contributed by atoms with E-state index in [9.17, 15) is 8.42 Å². The van der Waals surface area contributed by atoms with Crippen LogP contribution in [0.15, 0.2) is 35.4 Å². The van der Waals surface area contributed by atoms with Gasteiger partial charge in [-0.15, -0.1) is 0 Å². The molecule has 21 heavy (non-hydrogen) atoms. The molecule has 1 heterocycles. The first-order chi connectivity index (χ1) is 9.97. The molecule has 2 aromatic rings. The summed E-state index contributed by atoms with van der Waals surface area (Å²) in [5.41, 5.74) is 6.96. The second-order valence-electron chi connectivity index (χ2n) is 5.72. The van der Waals surface area contributed by atoms with Crippen molar-refractivity contribution < 1.29 is 8.42 Å². The molecule has 1 fully saturated rings. The molecule has 0 radical (unpaired) electrons. The molecule has 0 aliphatic heterocycles. The van der Waals surface area contributed by atoms with Crippen molar-refractivity contribution in [1.82, 2.24) is 9.71 Å². The van der Waals surface area contributed by atoms with Gasteiger partial charge in [-0.05, 0) is 49.9 Å². The summed E-state index contributed by atoms with van der Waals surface area (Å²) in [6.07, 6.45) is 4.28. The van der Waals surface area contributed by atoms with Crippen molar-refractivity contribution in [3.63, 3.8) is 0 Å². The van der Waals surface area contributed by atoms with Crippen LogP contribution in [-0.2, 0) is 10.0 Å². The average Bonchev–Trinajstić information content (AvgIpc) is 2.43. The summed E-state index contributed by atoms with van der Waals surface area (Å²) in [5, 5.41) is 0.650. The molecule has 0 spiro atoms. The molecule has 0 unspecified atom stereocenters. The number of nitrogens with two attached hydrogens (primary N) is 1. The molecular formula is C15H19N3O2S. The van der Waals surface area contributed by atoms with E-state index in [-0.39, 0.29) is 4.90 Å². The second-order valence-corrected chi connectivity index (χ2v) is 7.37. The number of aryl methyl sites for hydroxylation is 1. The van der Waals surface area contributed by atoms with Crippen LogP contribution in [0, 0.1) is 6.92 Å². The average molecular weight is 305 g/mol. The van der Waals surface area contributed by atoms with Crippen LogP contribution in [0.25, 0.3) is 10.9 Å². The third-order valence-corrected chi connectivity index (χ3v) is 5.91. The molecule has 1 aliphatic carbocycles. The Labute approximate surface area is 124 Å². The number of nitrogens with zero attached hydrogens (tertiary/aromatic N) is 1. The van der Waals surface area contributed by atoms with E-state index >= 15 is 0 Å². The van der Waals surface area contributed by atoms with Gasteiger partial charge in [0.15, 0.2) is 0 Å². The number of rotatable bonds is 4. The normalized spacial score (nSPS) is 17.6. The maximum atomic E-state index is 12.7. The lowest BCUT2D eigenvalue weighted by Gasteiger charge is -2.41. The third kappa shape index (κ3) is 2.43. The van der Waals surface area contributed by atoms with Crippen LogP contribution in [0.1, 0.15) is 24.8 Å². The zero-order chi connectivity index (χ0) is 15.1. The SMILES string of the molecule is Cc1ccc(S(=O)(=O)NC2(CN)CCC2)c2cccnc12. The van der Waals surface area contributed by atoms with Crippen LogP contribution < -0.4 is 10.5 Å². The van der Waals surface area contributed by atoms with Gasteiger partial charge in [-0.1, -0.05) is 6.07 Å². The van der Waals surface area contributed by atoms with E-state index in [1.165, 1.54) is 0 Å². The van der Waals surface area contributed by atoms with Crippen molar-refractivity contribution in [2.45, 2.75) is 36.6 Å². The highest BCUT2D eigenvalue weighted by Crippen LogP contribution is 2.33. The van der Waals surface area contributed by atoms with Crippen LogP contribution in [-0.4, -0.2) is 25.5 Å². The molecule has 1 aromatic heterocycles. The predicted octanol–water partition coefficient (Wildman–Crippen LogP) is 1.70. The Morgan fingerprint density at radius 1 is 1.33 bits per heavy atom. The van der Waals surface area contributed by atoms with Gasteiger partial charge < -0.3 is 5.73 Å². The number of hydrogen-bond acceptors (Lipinski definition) is 4. The van der Waals surface area contributed by atoms with Crippen molar-refractivity contribution in [3.8, 4) is 0 Å². The van der Waals surface area contributed by atoms with Crippen LogP contribution in [0.3, 0.4) is 0 Å². The highest BCUT2D eigenvalue weighted by molar-refractivity contribution is 7.89. The lowest BCUT2D eigenvalue weighted by atomic mass is 9.78. The molecule has 112 valence electrons. The van der Waals surface area contributed by atoms with E-state index in [0.717, 1.165) is 30.3 Å². The van der Waals surface area contributed by atoms with Crippen LogP contribution in [0.5, 0.6) is 0 Å². The molecule has 0 saturated heterocycles. The minimum absolute atomic E-state index is 0.274. The standard InChI is InChI=1S/C15H19N3O2S/c1-11-5-6-13(12-4-2-9-17-14(11)12)21(19,20)18-15(10-16)7-3-8-15/h2,4-6,9,18H,3,7-8,10,16H2,1H3. The van der Waals surface area contributed by atoms with E-state index in [4.69, 9.17) is 5.73 Å². The number of sulfonamides is 1. The summed E-state index contributed by atoms with van der Waals surface area (Å²) in [6, 6.07) is 6.98. The minimum Gasteiger partial charge on any atom is -0.329 e. The summed E-state index contributed by atoms with van der Waals surface area (Å²) in [7, 11) is -3.60. The van der Waals surface area contributed by atoms with E-state index in [2.05, 4.69) is 9.71 Å². The van der Waals surface area contributed by atoms with Crippen molar-refractivity contribution >= 4 is 20.9 Å². The quantitative estimate of drug-likeness (QED) is 0.900. The summed E-state index contributed by atoms with van der Waals surface area (Å²) in [5.74, 6) is 0. The Kier molecular flexibility index (Phi) is 3.47. The molecule has 3 rings (SSSR count). The number of hydrogen-bond donors (Lipinski definition) is 2. The summed E-state index contributed by atoms with van der Waals surface area (Å²) in [6.45, 7) is 2.25. The lowest BCUT2D eigenvalue weighted by Crippen LogP contribution is -2.58. The van der Waals surface area contributed by atoms with Gasteiger partial charge >= 0.3 is 0 Å². The highest BCUT2D eigenvalue weighted by Gasteiger charge is 2.39. The molecule has 6 heteroatoms. The van der Waals surface area contributed by atoms with Gasteiger partial charge in [-0.25, -0.2) is 13.1 Å². The van der Waals surface area contributed by atoms with Gasteiger partial charge in [0.25, 0.3) is 0 Å². The molecule has 1 aromatic carbocycles. The van der Waals surface area contributed by atoms with Gasteiger partial charge in [0.2, 0.25) is 10.0 Å². The van der Waals surface area contributed by atoms with E-state index < -0.39 is 15.6 Å². The second kappa shape index (κ2) is 5.05. The Hall–Kier alpha value is -1.50. The Balaban J connectivity index is 2.09. The van der Waals surface area contributed by atoms with E-state index in [1.807, 2.05) is 6.92 Å². The monoisotopic (exact) mass is 305 g/mol. The number of pyridine rings is 1. The fraction of sp³-hybridized carbons (Fsp3) is 0.400. The van der Waals surface area contributed by atoms with Gasteiger partial charge in [-0.3, -0.25) is 4.98 Å². The maximum absolute atomic E-state index is 12.7. The predicted molar refractivity (Wildman–Crippen MR) is 82.4 cm³/mol. The number of aromatic nitrogens is 1. The first-order valence-corrected chi connectivity index (χ1v) is 8.54. The van der Waals surface area contributed by atoms with Gasteiger partial charge in [0, 0.05) is 23.7 Å². The number of fused-ring (bicyclic) bond motifs is 1. The summed E-state index contributed by atoms with van der Waals surface area (Å²) in [4.78, 5) is 4.56. The minimum atomic E-state index is -3.60. The van der Waals surface area contributed by atoms with Gasteiger partial charge in [0.1, 0.15) is 0 Å². The largest absolute Gasteiger partial charge is 0.329 e. The lowest BCUT2D eigenvalue weighted by molar-refractivity contribution is 0.231. The van der Waals surface area contributed by atoms with Crippen molar-refractivity contribution in [2.24, 2.45) is 5.73 Å². The molecule has 0 amide bonds. The van der Waals surface area contributed by atoms with Crippen molar-refractivity contribution in [3.05, 3.63) is 36.0 Å². The van der Waals surface area contributed by atoms with Crippen LogP contribution >= 0.6 is 0 Å². The molecule has 0 bridgehead atoms. The van der Waals surface area contributed by atoms with Crippen LogP contribution in [0.4, 0.5) is 0 Å². The Morgan fingerprint density at radius 3 is 2.71 bits per heavy atom. The fourth-order valence-electron chi connectivity index (χ4n) is 2.81. The van der Waals surface area contributed by atoms with Crippen molar-refractivity contribution in [1.29, 1.82) is 0 Å². The molecule has 3 N–H and O–H groups in total. The zero-order valence-corrected chi connectivity index (χ0v) is 12.8. The maximum Gasteiger partial charge on any atom is 0.241 e. The smallest absolute Gasteiger partial charge is 0.241 e. The summed E-state index contributed by atoms with van der Waals surface area (Å²) < 4.78 is 28.3. The fourth-order valence-corrected chi connectivity index (χ4v) is 4.48. The van der Waals surface area contributed by atoms with E-state index in [1.54, 1.807) is 30.5 Å². The molecule has 0 atom stereocenters. The van der Waals surface area contributed by atoms with E-state index in [0.29, 0.717) is 11.9 Å². The van der Waals surface area contributed by atoms with Gasteiger partial charge in [0.05, 0.1) is 10.4 Å². The number of benzene rings is 1. The Bertz CT molecular complexity index is 777. The van der Waals surface area contributed by atoms with Crippen molar-refractivity contribution in [2.75, 3.05) is 6.54 Å². The Morgan fingerprint density at radius 2 is 2.10 bits per heavy atom. The molecule has 1 saturated carbocycles. The highest BCUT2D eigenvalue weighted by atomic mass is 32.2. The van der Waals surface area contributed by atoms with Crippen LogP contribution in [0.2, 0.25) is 0 Å². The number of nitrogens with one attached hydrogen (secondary N) is 1. The molecule has 1 aliphatic rings. The zero-order valence-electron chi connectivity index (χ0n) is 12.0. The van der Waals surface area contributed by atoms with Gasteiger partial charge in [-0.2, -0.15) is 0 Å².